The van der Waals surface area contributed by atoms with Gasteiger partial charge in [0.15, 0.2) is 11.2 Å². The van der Waals surface area contributed by atoms with Crippen molar-refractivity contribution in [1.29, 1.82) is 0 Å². The summed E-state index contributed by atoms with van der Waals surface area (Å²) < 4.78 is 8.75. The number of amides is 1. The fourth-order valence-corrected chi connectivity index (χ4v) is 3.07. The van der Waals surface area contributed by atoms with Crippen molar-refractivity contribution in [2.24, 2.45) is 14.1 Å². The van der Waals surface area contributed by atoms with Gasteiger partial charge in [0.1, 0.15) is 12.2 Å². The molecule has 0 unspecified atom stereocenters. The fourth-order valence-electron chi connectivity index (χ4n) is 2.94. The second kappa shape index (κ2) is 7.06. The van der Waals surface area contributed by atoms with Gasteiger partial charge in [-0.1, -0.05) is 28.9 Å². The third kappa shape index (κ3) is 3.34. The molecular weight excluding hydrogens is 400 g/mol. The van der Waals surface area contributed by atoms with Gasteiger partial charge < -0.3 is 9.09 Å². The highest BCUT2D eigenvalue weighted by atomic mass is 35.5. The Bertz CT molecular complexity index is 1350. The number of imidazole rings is 1. The molecule has 148 valence electrons. The normalized spacial score (nSPS) is 11.1. The number of fused-ring (bicyclic) bond motifs is 1. The monoisotopic (exact) mass is 414 g/mol. The van der Waals surface area contributed by atoms with E-state index >= 15 is 0 Å². The van der Waals surface area contributed by atoms with Gasteiger partial charge in [0.05, 0.1) is 6.33 Å². The first kappa shape index (κ1) is 18.7. The van der Waals surface area contributed by atoms with E-state index in [1.165, 1.54) is 29.6 Å². The van der Waals surface area contributed by atoms with Crippen molar-refractivity contribution in [2.75, 3.05) is 5.32 Å². The van der Waals surface area contributed by atoms with Gasteiger partial charge in [0, 0.05) is 30.7 Å². The Hall–Kier alpha value is -3.66. The molecule has 1 N–H and O–H groups in total. The molecule has 0 bridgehead atoms. The predicted molar refractivity (Wildman–Crippen MR) is 106 cm³/mol. The van der Waals surface area contributed by atoms with E-state index in [-0.39, 0.29) is 23.6 Å². The van der Waals surface area contributed by atoms with Gasteiger partial charge in [-0.2, -0.15) is 0 Å². The van der Waals surface area contributed by atoms with Gasteiger partial charge in [0.2, 0.25) is 11.8 Å². The minimum absolute atomic E-state index is 0.157. The quantitative estimate of drug-likeness (QED) is 0.539. The summed E-state index contributed by atoms with van der Waals surface area (Å²) in [6, 6.07) is 8.59. The number of carbonyl (C=O) groups excluding carboxylic acids is 1. The molecule has 0 aliphatic heterocycles. The van der Waals surface area contributed by atoms with Crippen LogP contribution in [0.1, 0.15) is 0 Å². The van der Waals surface area contributed by atoms with Crippen LogP contribution in [0.2, 0.25) is 5.02 Å². The van der Waals surface area contributed by atoms with Crippen LogP contribution in [0.3, 0.4) is 0 Å². The standard InChI is InChI=1S/C18H15ClN6O4/c1-23-16-15(17(27)24(2)18(23)28)25(9-20-16)8-13(26)21-14-7-12(22-29-14)10-3-5-11(19)6-4-10/h3-7,9H,8H2,1-2H3,(H,21,26). The number of nitrogens with one attached hydrogen (secondary N) is 1. The van der Waals surface area contributed by atoms with Crippen LogP contribution in [0.15, 0.2) is 50.8 Å². The summed E-state index contributed by atoms with van der Waals surface area (Å²) in [6.07, 6.45) is 1.34. The van der Waals surface area contributed by atoms with Crippen LogP contribution in [-0.4, -0.2) is 29.7 Å². The van der Waals surface area contributed by atoms with Crippen LogP contribution in [0, 0.1) is 0 Å². The van der Waals surface area contributed by atoms with Crippen molar-refractivity contribution in [3.63, 3.8) is 0 Å². The minimum atomic E-state index is -0.530. The van der Waals surface area contributed by atoms with Gasteiger partial charge in [-0.25, -0.2) is 9.78 Å². The van der Waals surface area contributed by atoms with Crippen LogP contribution in [-0.2, 0) is 25.4 Å². The molecule has 0 radical (unpaired) electrons. The number of nitrogens with zero attached hydrogens (tertiary/aromatic N) is 5. The van der Waals surface area contributed by atoms with E-state index < -0.39 is 17.2 Å². The Kier molecular flexibility index (Phi) is 4.55. The molecule has 0 fully saturated rings. The number of anilines is 1. The number of halogens is 1. The van der Waals surface area contributed by atoms with Crippen LogP contribution >= 0.6 is 11.6 Å². The summed E-state index contributed by atoms with van der Waals surface area (Å²) in [6.45, 7) is -0.194. The number of benzene rings is 1. The van der Waals surface area contributed by atoms with E-state index in [0.29, 0.717) is 10.7 Å². The van der Waals surface area contributed by atoms with Gasteiger partial charge in [-0.15, -0.1) is 0 Å². The average molecular weight is 415 g/mol. The zero-order chi connectivity index (χ0) is 20.7. The molecule has 3 aromatic heterocycles. The van der Waals surface area contributed by atoms with Crippen molar-refractivity contribution >= 4 is 34.6 Å². The first-order valence-corrected chi connectivity index (χ1v) is 8.86. The molecule has 4 rings (SSSR count). The van der Waals surface area contributed by atoms with Gasteiger partial charge in [-0.3, -0.25) is 24.0 Å². The number of hydrogen-bond acceptors (Lipinski definition) is 6. The largest absolute Gasteiger partial charge is 0.338 e. The molecule has 1 aromatic carbocycles. The maximum Gasteiger partial charge on any atom is 0.332 e. The van der Waals surface area contributed by atoms with Crippen LogP contribution < -0.4 is 16.6 Å². The Morgan fingerprint density at radius 2 is 1.90 bits per heavy atom. The Labute approximate surface area is 167 Å². The minimum Gasteiger partial charge on any atom is -0.338 e. The Morgan fingerprint density at radius 3 is 2.62 bits per heavy atom. The fraction of sp³-hybridized carbons (Fsp3) is 0.167. The maximum absolute atomic E-state index is 12.4. The van der Waals surface area contributed by atoms with Gasteiger partial charge >= 0.3 is 5.69 Å². The molecule has 11 heteroatoms. The SMILES string of the molecule is Cn1c(=O)c2c(ncn2CC(=O)Nc2cc(-c3ccc(Cl)cc3)no2)n(C)c1=O. The highest BCUT2D eigenvalue weighted by Crippen LogP contribution is 2.23. The first-order valence-electron chi connectivity index (χ1n) is 8.48. The molecule has 0 atom stereocenters. The highest BCUT2D eigenvalue weighted by Gasteiger charge is 2.17. The predicted octanol–water partition coefficient (Wildman–Crippen LogP) is 1.38. The summed E-state index contributed by atoms with van der Waals surface area (Å²) in [7, 11) is 2.88. The molecule has 10 nitrogen and oxygen atoms in total. The lowest BCUT2D eigenvalue weighted by molar-refractivity contribution is -0.116. The summed E-state index contributed by atoms with van der Waals surface area (Å²) in [5, 5.41) is 7.11. The van der Waals surface area contributed by atoms with Crippen molar-refractivity contribution < 1.29 is 9.32 Å². The van der Waals surface area contributed by atoms with E-state index in [9.17, 15) is 14.4 Å². The average Bonchev–Trinajstić information content (AvgIpc) is 3.32. The number of aryl methyl sites for hydroxylation is 1. The number of aromatic nitrogens is 5. The lowest BCUT2D eigenvalue weighted by atomic mass is 10.1. The lowest BCUT2D eigenvalue weighted by Gasteiger charge is -2.06. The van der Waals surface area contributed by atoms with Crippen LogP contribution in [0.25, 0.3) is 22.4 Å². The molecule has 29 heavy (non-hydrogen) atoms. The zero-order valence-electron chi connectivity index (χ0n) is 15.4. The summed E-state index contributed by atoms with van der Waals surface area (Å²) in [4.78, 5) is 40.9. The molecule has 0 aliphatic carbocycles. The van der Waals surface area contributed by atoms with Crippen molar-refractivity contribution in [2.45, 2.75) is 6.54 Å². The van der Waals surface area contributed by atoms with Crippen molar-refractivity contribution in [1.82, 2.24) is 23.8 Å². The molecule has 0 saturated heterocycles. The Morgan fingerprint density at radius 1 is 1.17 bits per heavy atom. The Balaban J connectivity index is 1.56. The van der Waals surface area contributed by atoms with E-state index in [1.807, 2.05) is 0 Å². The molecular formula is C18H15ClN6O4. The number of hydrogen-bond donors (Lipinski definition) is 1. The van der Waals surface area contributed by atoms with Gasteiger partial charge in [0.25, 0.3) is 5.56 Å². The molecule has 3 heterocycles. The molecule has 0 aliphatic rings. The van der Waals surface area contributed by atoms with E-state index in [4.69, 9.17) is 16.1 Å². The molecule has 0 spiro atoms. The van der Waals surface area contributed by atoms with Gasteiger partial charge in [-0.05, 0) is 12.1 Å². The molecule has 1 amide bonds. The maximum atomic E-state index is 12.4. The second-order valence-electron chi connectivity index (χ2n) is 6.38. The molecule has 0 saturated carbocycles. The number of carbonyl (C=O) groups is 1. The highest BCUT2D eigenvalue weighted by molar-refractivity contribution is 6.30. The first-order chi connectivity index (χ1) is 13.8. The van der Waals surface area contributed by atoms with Crippen molar-refractivity contribution in [3.8, 4) is 11.3 Å². The third-order valence-electron chi connectivity index (χ3n) is 4.44. The molecule has 4 aromatic rings. The summed E-state index contributed by atoms with van der Waals surface area (Å²) in [5.41, 5.74) is 0.657. The second-order valence-corrected chi connectivity index (χ2v) is 6.82. The zero-order valence-corrected chi connectivity index (χ0v) is 16.2. The van der Waals surface area contributed by atoms with E-state index in [0.717, 1.165) is 10.1 Å². The lowest BCUT2D eigenvalue weighted by Crippen LogP contribution is -2.37. The topological polar surface area (TPSA) is 117 Å². The van der Waals surface area contributed by atoms with E-state index in [1.54, 1.807) is 30.3 Å². The number of rotatable bonds is 4. The van der Waals surface area contributed by atoms with Crippen LogP contribution in [0.5, 0.6) is 0 Å². The smallest absolute Gasteiger partial charge is 0.332 e. The summed E-state index contributed by atoms with van der Waals surface area (Å²) >= 11 is 5.87. The van der Waals surface area contributed by atoms with Crippen molar-refractivity contribution in [3.05, 3.63) is 62.5 Å². The van der Waals surface area contributed by atoms with Crippen LogP contribution in [0.4, 0.5) is 5.88 Å². The summed E-state index contributed by atoms with van der Waals surface area (Å²) in [5.74, 6) is -0.288. The van der Waals surface area contributed by atoms with E-state index in [2.05, 4.69) is 15.5 Å². The third-order valence-corrected chi connectivity index (χ3v) is 4.70.